The van der Waals surface area contributed by atoms with E-state index in [1.807, 2.05) is 43.4 Å². The molecule has 0 unspecified atom stereocenters. The Morgan fingerprint density at radius 3 is 2.62 bits per heavy atom. The Bertz CT molecular complexity index is 886. The maximum atomic E-state index is 13.0. The van der Waals surface area contributed by atoms with Gasteiger partial charge in [0.1, 0.15) is 5.69 Å². The summed E-state index contributed by atoms with van der Waals surface area (Å²) in [7, 11) is 1.81. The molecule has 0 saturated carbocycles. The molecule has 3 rings (SSSR count). The van der Waals surface area contributed by atoms with E-state index in [1.54, 1.807) is 17.1 Å². The monoisotopic (exact) mass is 348 g/mol. The van der Waals surface area contributed by atoms with Crippen LogP contribution in [0.25, 0.3) is 0 Å². The topological polar surface area (TPSA) is 59.8 Å². The van der Waals surface area contributed by atoms with Crippen molar-refractivity contribution in [2.45, 2.75) is 32.7 Å². The van der Waals surface area contributed by atoms with Crippen molar-refractivity contribution in [2.24, 2.45) is 7.05 Å². The van der Waals surface area contributed by atoms with Gasteiger partial charge < -0.3 is 5.32 Å². The minimum Gasteiger partial charge on any atom is -0.340 e. The van der Waals surface area contributed by atoms with Crippen molar-refractivity contribution < 1.29 is 4.79 Å². The van der Waals surface area contributed by atoms with Crippen LogP contribution >= 0.6 is 0 Å². The van der Waals surface area contributed by atoms with E-state index in [-0.39, 0.29) is 11.9 Å². The quantitative estimate of drug-likeness (QED) is 0.740. The summed E-state index contributed by atoms with van der Waals surface area (Å²) in [5.74, 6) is -0.132. The van der Waals surface area contributed by atoms with Gasteiger partial charge in [-0.25, -0.2) is 0 Å². The Morgan fingerprint density at radius 2 is 1.92 bits per heavy atom. The first kappa shape index (κ1) is 17.9. The molecule has 5 heteroatoms. The van der Waals surface area contributed by atoms with E-state index in [2.05, 4.69) is 35.3 Å². The van der Waals surface area contributed by atoms with E-state index in [0.29, 0.717) is 5.69 Å². The number of carbonyl (C=O) groups is 1. The number of aryl methyl sites for hydroxylation is 3. The van der Waals surface area contributed by atoms with Crippen LogP contribution in [-0.4, -0.2) is 20.7 Å². The first-order valence-electron chi connectivity index (χ1n) is 8.89. The highest BCUT2D eigenvalue weighted by Crippen LogP contribution is 2.25. The van der Waals surface area contributed by atoms with Crippen LogP contribution in [0.3, 0.4) is 0 Å². The normalized spacial score (nSPS) is 12.0. The second-order valence-electron chi connectivity index (χ2n) is 6.44. The summed E-state index contributed by atoms with van der Waals surface area (Å²) in [4.78, 5) is 17.1. The maximum Gasteiger partial charge on any atom is 0.270 e. The molecule has 0 aliphatic heterocycles. The molecule has 0 fully saturated rings. The average Bonchev–Trinajstić information content (AvgIpc) is 3.02. The molecule has 0 radical (unpaired) electrons. The van der Waals surface area contributed by atoms with Gasteiger partial charge in [0.2, 0.25) is 0 Å². The standard InChI is InChI=1S/C21H24N4O/c1-4-7-17-14-19(25(3)24-17)21(26)23-20(16-10-12-22-13-11-16)18-9-6-5-8-15(18)2/h5-6,8-14,20H,4,7H2,1-3H3,(H,23,26)/t20-/m1/s1. The van der Waals surface area contributed by atoms with E-state index in [0.717, 1.165) is 35.2 Å². The molecule has 0 aliphatic rings. The summed E-state index contributed by atoms with van der Waals surface area (Å²) < 4.78 is 1.65. The Kier molecular flexibility index (Phi) is 5.46. The largest absolute Gasteiger partial charge is 0.340 e. The molecule has 1 atom stereocenters. The van der Waals surface area contributed by atoms with E-state index >= 15 is 0 Å². The van der Waals surface area contributed by atoms with Crippen molar-refractivity contribution in [2.75, 3.05) is 0 Å². The number of hydrogen-bond donors (Lipinski definition) is 1. The zero-order valence-electron chi connectivity index (χ0n) is 15.4. The van der Waals surface area contributed by atoms with Gasteiger partial charge in [-0.3, -0.25) is 14.5 Å². The third-order valence-electron chi connectivity index (χ3n) is 4.48. The molecule has 0 bridgehead atoms. The van der Waals surface area contributed by atoms with Gasteiger partial charge in [0.15, 0.2) is 0 Å². The number of aromatic nitrogens is 3. The Hall–Kier alpha value is -2.95. The van der Waals surface area contributed by atoms with Gasteiger partial charge in [-0.05, 0) is 48.2 Å². The third-order valence-corrected chi connectivity index (χ3v) is 4.48. The molecule has 1 amide bonds. The first-order valence-corrected chi connectivity index (χ1v) is 8.89. The number of nitrogens with one attached hydrogen (secondary N) is 1. The number of amides is 1. The Morgan fingerprint density at radius 1 is 1.19 bits per heavy atom. The molecule has 1 N–H and O–H groups in total. The summed E-state index contributed by atoms with van der Waals surface area (Å²) in [5.41, 5.74) is 4.71. The van der Waals surface area contributed by atoms with E-state index in [1.165, 1.54) is 0 Å². The van der Waals surface area contributed by atoms with E-state index in [4.69, 9.17) is 0 Å². The predicted molar refractivity (Wildman–Crippen MR) is 102 cm³/mol. The first-order chi connectivity index (χ1) is 12.6. The third kappa shape index (κ3) is 3.82. The van der Waals surface area contributed by atoms with Crippen molar-refractivity contribution in [3.8, 4) is 0 Å². The fourth-order valence-corrected chi connectivity index (χ4v) is 3.13. The van der Waals surface area contributed by atoms with Gasteiger partial charge in [0.25, 0.3) is 5.91 Å². The van der Waals surface area contributed by atoms with Crippen LogP contribution < -0.4 is 5.32 Å². The molecule has 1 aromatic carbocycles. The lowest BCUT2D eigenvalue weighted by Crippen LogP contribution is -2.31. The molecule has 0 saturated heterocycles. The van der Waals surface area contributed by atoms with Crippen molar-refractivity contribution in [1.82, 2.24) is 20.1 Å². The molecular formula is C21H24N4O. The fourth-order valence-electron chi connectivity index (χ4n) is 3.13. The number of carbonyl (C=O) groups excluding carboxylic acids is 1. The lowest BCUT2D eigenvalue weighted by Gasteiger charge is -2.21. The zero-order valence-corrected chi connectivity index (χ0v) is 15.4. The predicted octanol–water partition coefficient (Wildman–Crippen LogP) is 3.60. The minimum atomic E-state index is -0.240. The number of hydrogen-bond acceptors (Lipinski definition) is 3. The molecule has 26 heavy (non-hydrogen) atoms. The van der Waals surface area contributed by atoms with Crippen LogP contribution in [0.15, 0.2) is 54.9 Å². The number of benzene rings is 1. The fraction of sp³-hybridized carbons (Fsp3) is 0.286. The highest BCUT2D eigenvalue weighted by Gasteiger charge is 2.21. The van der Waals surface area contributed by atoms with Crippen molar-refractivity contribution in [3.63, 3.8) is 0 Å². The van der Waals surface area contributed by atoms with Crippen LogP contribution in [-0.2, 0) is 13.5 Å². The van der Waals surface area contributed by atoms with Crippen LogP contribution in [0, 0.1) is 6.92 Å². The second kappa shape index (κ2) is 7.95. The van der Waals surface area contributed by atoms with Crippen LogP contribution in [0.1, 0.15) is 52.3 Å². The molecule has 0 aliphatic carbocycles. The van der Waals surface area contributed by atoms with Gasteiger partial charge in [-0.15, -0.1) is 0 Å². The summed E-state index contributed by atoms with van der Waals surface area (Å²) in [5, 5.41) is 7.61. The second-order valence-corrected chi connectivity index (χ2v) is 6.44. The van der Waals surface area contributed by atoms with Crippen molar-refractivity contribution in [1.29, 1.82) is 0 Å². The lowest BCUT2D eigenvalue weighted by atomic mass is 9.95. The average molecular weight is 348 g/mol. The molecule has 134 valence electrons. The van der Waals surface area contributed by atoms with Crippen LogP contribution in [0.4, 0.5) is 0 Å². The highest BCUT2D eigenvalue weighted by atomic mass is 16.2. The molecule has 0 spiro atoms. The number of pyridine rings is 1. The van der Waals surface area contributed by atoms with Crippen LogP contribution in [0.2, 0.25) is 0 Å². The van der Waals surface area contributed by atoms with E-state index < -0.39 is 0 Å². The molecule has 2 heterocycles. The maximum absolute atomic E-state index is 13.0. The van der Waals surface area contributed by atoms with Gasteiger partial charge in [-0.2, -0.15) is 5.10 Å². The van der Waals surface area contributed by atoms with Gasteiger partial charge in [-0.1, -0.05) is 37.6 Å². The molecule has 5 nitrogen and oxygen atoms in total. The SMILES string of the molecule is CCCc1cc(C(=O)N[C@H](c2ccncc2)c2ccccc2C)n(C)n1. The summed E-state index contributed by atoms with van der Waals surface area (Å²) in [6, 6.07) is 13.6. The molecule has 2 aromatic heterocycles. The smallest absolute Gasteiger partial charge is 0.270 e. The molecule has 3 aromatic rings. The summed E-state index contributed by atoms with van der Waals surface area (Å²) in [6.45, 7) is 4.16. The summed E-state index contributed by atoms with van der Waals surface area (Å²) >= 11 is 0. The van der Waals surface area contributed by atoms with Gasteiger partial charge in [0.05, 0.1) is 11.7 Å². The Balaban J connectivity index is 1.94. The zero-order chi connectivity index (χ0) is 18.5. The van der Waals surface area contributed by atoms with Gasteiger partial charge >= 0.3 is 0 Å². The van der Waals surface area contributed by atoms with Gasteiger partial charge in [0, 0.05) is 19.4 Å². The number of rotatable bonds is 6. The van der Waals surface area contributed by atoms with Crippen LogP contribution in [0.5, 0.6) is 0 Å². The summed E-state index contributed by atoms with van der Waals surface area (Å²) in [6.07, 6.45) is 5.36. The minimum absolute atomic E-state index is 0.132. The van der Waals surface area contributed by atoms with E-state index in [9.17, 15) is 4.79 Å². The van der Waals surface area contributed by atoms with Crippen molar-refractivity contribution in [3.05, 3.63) is 82.9 Å². The van der Waals surface area contributed by atoms with Crippen molar-refractivity contribution >= 4 is 5.91 Å². The highest BCUT2D eigenvalue weighted by molar-refractivity contribution is 5.93. The lowest BCUT2D eigenvalue weighted by molar-refractivity contribution is 0.0933. The Labute approximate surface area is 154 Å². The molecular weight excluding hydrogens is 324 g/mol. The number of nitrogens with zero attached hydrogens (tertiary/aromatic N) is 3.